The molecule has 0 aliphatic carbocycles. The van der Waals surface area contributed by atoms with Crippen molar-refractivity contribution < 1.29 is 41.4 Å². The Kier molecular flexibility index (Phi) is 59.1. The fraction of sp³-hybridized carbons (Fsp3) is 0. The van der Waals surface area contributed by atoms with Gasteiger partial charge in [0.2, 0.25) is 0 Å². The van der Waals surface area contributed by atoms with E-state index in [2.05, 4.69) is 0 Å². The molecule has 0 aromatic heterocycles. The Morgan fingerprint density at radius 2 is 0.733 bits per heavy atom. The standard InChI is InChI=1S/3Al.Ca.H2O4S.3H2O.3O.2H/c;;;;1-5(2,3)4;;;;;;;;/h;;;;(H2,1,2,3,4);3*1H2;;;;;/q3*+1;;;;;;;;;;/p-3. The van der Waals surface area contributed by atoms with Crippen molar-refractivity contribution >= 4 is 94.6 Å². The molecule has 5 N–H and O–H groups in total. The molecule has 0 aliphatic rings. The Morgan fingerprint density at radius 1 is 0.733 bits per heavy atom. The summed E-state index contributed by atoms with van der Waals surface area (Å²) in [5, 5.41) is 0. The molecule has 0 rings (SSSR count). The monoisotopic (exact) mass is 320 g/mol. The van der Waals surface area contributed by atoms with Crippen molar-refractivity contribution in [1.82, 2.24) is 0 Å². The molecule has 0 saturated heterocycles. The second-order valence-electron chi connectivity index (χ2n) is 0.764. The Labute approximate surface area is 134 Å². The quantitative estimate of drug-likeness (QED) is 0.214. The predicted molar refractivity (Wildman–Crippen MR) is 48.7 cm³/mol. The first-order chi connectivity index (χ1) is 6.24. The molecular formula is H7Al3CaO10S. The van der Waals surface area contributed by atoms with Gasteiger partial charge in [-0.3, -0.25) is 9.11 Å². The molecule has 0 amide bonds. The van der Waals surface area contributed by atoms with E-state index in [1.54, 1.807) is 0 Å². The molecule has 0 aromatic rings. The third-order valence-corrected chi connectivity index (χ3v) is 0. The molecule has 10 nitrogen and oxygen atoms in total. The summed E-state index contributed by atoms with van der Waals surface area (Å²) in [5.41, 5.74) is 0. The van der Waals surface area contributed by atoms with Crippen LogP contribution in [0.1, 0.15) is 0 Å². The van der Waals surface area contributed by atoms with Gasteiger partial charge in [0.25, 0.3) is 0 Å². The van der Waals surface area contributed by atoms with Crippen molar-refractivity contribution in [3.63, 3.8) is 0 Å². The topological polar surface area (TPSA) is 186 Å². The van der Waals surface area contributed by atoms with Crippen LogP contribution in [-0.2, 0) is 21.8 Å². The fourth-order valence-electron chi connectivity index (χ4n) is 0. The summed E-state index contributed by atoms with van der Waals surface area (Å²) in [5.74, 6) is 0. The first-order valence-corrected chi connectivity index (χ1v) is 6.54. The molecule has 15 heteroatoms. The van der Waals surface area contributed by atoms with Crippen LogP contribution >= 0.6 is 0 Å². The average molecular weight is 320 g/mol. The van der Waals surface area contributed by atoms with Gasteiger partial charge in [0, 0.05) is 0 Å². The molecule has 0 aliphatic heterocycles. The minimum atomic E-state index is -4.67. The van der Waals surface area contributed by atoms with E-state index in [1.807, 2.05) is 0 Å². The number of rotatable bonds is 0. The Balaban J connectivity index is -0.0000000300. The molecular weight excluding hydrogens is 313 g/mol. The molecule has 0 heterocycles. The van der Waals surface area contributed by atoms with Crippen molar-refractivity contribution in [2.24, 2.45) is 0 Å². The summed E-state index contributed by atoms with van der Waals surface area (Å²) in [7, 11) is -4.67. The van der Waals surface area contributed by atoms with Crippen molar-refractivity contribution in [1.29, 1.82) is 0 Å². The van der Waals surface area contributed by atoms with Crippen LogP contribution in [-0.4, -0.2) is 114 Å². The zero-order valence-electron chi connectivity index (χ0n) is 6.42. The maximum atomic E-state index is 8.74. The number of hydrogen-bond donors (Lipinski definition) is 5. The molecule has 84 valence electrons. The van der Waals surface area contributed by atoms with Crippen LogP contribution < -0.4 is 0 Å². The average Bonchev–Trinajstić information content (AvgIpc) is 1.86. The van der Waals surface area contributed by atoms with E-state index in [9.17, 15) is 0 Å². The molecule has 0 bridgehead atoms. The summed E-state index contributed by atoms with van der Waals surface area (Å²) in [6.45, 7) is 0. The van der Waals surface area contributed by atoms with E-state index in [0.29, 0.717) is 0 Å². The van der Waals surface area contributed by atoms with Crippen LogP contribution in [0.2, 0.25) is 0 Å². The summed E-state index contributed by atoms with van der Waals surface area (Å²) >= 11 is -4.50. The first-order valence-electron chi connectivity index (χ1n) is 2.18. The van der Waals surface area contributed by atoms with Gasteiger partial charge >= 0.3 is 118 Å². The van der Waals surface area contributed by atoms with E-state index >= 15 is 0 Å². The Hall–Kier alpha value is 1.53. The van der Waals surface area contributed by atoms with E-state index in [-0.39, 0.29) is 37.7 Å². The molecule has 0 atom stereocenters. The molecule has 0 saturated carbocycles. The van der Waals surface area contributed by atoms with Gasteiger partial charge in [-0.15, -0.1) is 0 Å². The third kappa shape index (κ3) is 1220. The summed E-state index contributed by atoms with van der Waals surface area (Å²) in [6.07, 6.45) is 0. The maximum absolute atomic E-state index is 8.74. The van der Waals surface area contributed by atoms with Gasteiger partial charge < -0.3 is 0 Å². The van der Waals surface area contributed by atoms with Crippen molar-refractivity contribution in [3.8, 4) is 0 Å². The van der Waals surface area contributed by atoms with Gasteiger partial charge in [-0.1, -0.05) is 0 Å². The van der Waals surface area contributed by atoms with Crippen molar-refractivity contribution in [2.75, 3.05) is 0 Å². The van der Waals surface area contributed by atoms with E-state index < -0.39 is 56.9 Å². The van der Waals surface area contributed by atoms with Gasteiger partial charge in [0.15, 0.2) is 0 Å². The first kappa shape index (κ1) is 30.0. The normalized spacial score (nSPS) is 5.47. The SMILES string of the molecule is O=S(=O)(O)O.[CaH2].[O]=[Al][OH].[O]=[Al][OH].[O]=[Al][OH]. The van der Waals surface area contributed by atoms with Crippen molar-refractivity contribution in [2.45, 2.75) is 0 Å². The van der Waals surface area contributed by atoms with Gasteiger partial charge in [-0.25, -0.2) is 0 Å². The van der Waals surface area contributed by atoms with Crippen LogP contribution in [0.5, 0.6) is 0 Å². The Morgan fingerprint density at radius 3 is 0.733 bits per heavy atom. The van der Waals surface area contributed by atoms with E-state index in [0.717, 1.165) is 0 Å². The van der Waals surface area contributed by atoms with Crippen LogP contribution in [0.25, 0.3) is 0 Å². The molecule has 0 spiro atoms. The van der Waals surface area contributed by atoms with E-state index in [1.165, 1.54) is 0 Å². The minimum absolute atomic E-state index is 0. The second-order valence-corrected chi connectivity index (χ2v) is 2.29. The van der Waals surface area contributed by atoms with Crippen LogP contribution in [0.4, 0.5) is 0 Å². The zero-order valence-corrected chi connectivity index (χ0v) is 10.7. The molecule has 0 aromatic carbocycles. The predicted octanol–water partition coefficient (Wildman–Crippen LogP) is -4.74. The molecule has 0 unspecified atom stereocenters. The molecule has 15 heavy (non-hydrogen) atoms. The zero-order chi connectivity index (χ0) is 12.6. The van der Waals surface area contributed by atoms with Gasteiger partial charge in [-0.05, 0) is 0 Å². The second kappa shape index (κ2) is 29.6. The Bertz CT molecular complexity index is 186. The summed E-state index contributed by atoms with van der Waals surface area (Å²) < 4.78 is 78.6. The molecule has 0 fully saturated rings. The summed E-state index contributed by atoms with van der Waals surface area (Å²) in [4.78, 5) is 0. The fourth-order valence-corrected chi connectivity index (χ4v) is 0. The van der Waals surface area contributed by atoms with Crippen LogP contribution in [0, 0.1) is 0 Å². The summed E-state index contributed by atoms with van der Waals surface area (Å²) in [6, 6.07) is 0. The number of hydrogen-bond acceptors (Lipinski definition) is 5. The van der Waals surface area contributed by atoms with Gasteiger partial charge in [0.05, 0.1) is 0 Å². The molecule has 0 radical (unpaired) electrons. The van der Waals surface area contributed by atoms with E-state index in [4.69, 9.17) is 41.4 Å². The van der Waals surface area contributed by atoms with Crippen LogP contribution in [0.15, 0.2) is 0 Å². The third-order valence-electron chi connectivity index (χ3n) is 0. The van der Waals surface area contributed by atoms with Crippen LogP contribution in [0.3, 0.4) is 0 Å². The van der Waals surface area contributed by atoms with Gasteiger partial charge in [0.1, 0.15) is 0 Å². The van der Waals surface area contributed by atoms with Crippen molar-refractivity contribution in [3.05, 3.63) is 0 Å². The van der Waals surface area contributed by atoms with Gasteiger partial charge in [-0.2, -0.15) is 8.42 Å².